The molecule has 5 nitrogen and oxygen atoms in total. The van der Waals surface area contributed by atoms with Gasteiger partial charge in [0.1, 0.15) is 0 Å². The molecule has 0 radical (unpaired) electrons. The summed E-state index contributed by atoms with van der Waals surface area (Å²) in [5.41, 5.74) is 3.67. The van der Waals surface area contributed by atoms with Crippen LogP contribution in [-0.4, -0.2) is 22.0 Å². The quantitative estimate of drug-likeness (QED) is 0.272. The zero-order valence-corrected chi connectivity index (χ0v) is 19.5. The summed E-state index contributed by atoms with van der Waals surface area (Å²) >= 11 is 7.56. The third-order valence-corrected chi connectivity index (χ3v) is 7.07. The predicted molar refractivity (Wildman–Crippen MR) is 134 cm³/mol. The number of para-hydroxylation sites is 1. The Balaban J connectivity index is 1.42. The molecular formula is C26H22ClN3O2S. The molecule has 1 saturated heterocycles. The molecule has 5 rings (SSSR count). The number of fused-ring (bicyclic) bond motifs is 1. The molecule has 3 aromatic carbocycles. The molecule has 0 saturated carbocycles. The Hall–Kier alpha value is -3.09. The minimum absolute atomic E-state index is 0.0547. The number of rotatable bonds is 6. The lowest BCUT2D eigenvalue weighted by Gasteiger charge is -2.16. The minimum Gasteiger partial charge on any atom is -0.312 e. The number of anilines is 1. The van der Waals surface area contributed by atoms with Gasteiger partial charge in [0.15, 0.2) is 5.16 Å². The van der Waals surface area contributed by atoms with Crippen molar-refractivity contribution in [3.05, 3.63) is 99.3 Å². The molecule has 7 heteroatoms. The summed E-state index contributed by atoms with van der Waals surface area (Å²) in [7, 11) is 0. The standard InChI is InChI=1S/C26H22ClN3O2S/c27-20-11-7-18(8-12-20)16-30-25(32)22-4-1-2-5-23(22)28-26(30)33-17-19-9-13-21(14-10-19)29-15-3-6-24(29)31/h1-2,4-5,7-14H,3,6,15-17H2. The van der Waals surface area contributed by atoms with E-state index in [1.807, 2.05) is 77.7 Å². The first-order valence-corrected chi connectivity index (χ1v) is 12.2. The van der Waals surface area contributed by atoms with E-state index < -0.39 is 0 Å². The highest BCUT2D eigenvalue weighted by molar-refractivity contribution is 7.98. The Kier molecular flexibility index (Phi) is 6.20. The highest BCUT2D eigenvalue weighted by Crippen LogP contribution is 2.26. The van der Waals surface area contributed by atoms with Crippen molar-refractivity contribution in [3.63, 3.8) is 0 Å². The van der Waals surface area contributed by atoms with Crippen LogP contribution < -0.4 is 10.5 Å². The van der Waals surface area contributed by atoms with Crippen LogP contribution in [0.3, 0.4) is 0 Å². The van der Waals surface area contributed by atoms with Crippen LogP contribution in [0.4, 0.5) is 5.69 Å². The second-order valence-corrected chi connectivity index (χ2v) is 9.41. The number of amides is 1. The van der Waals surface area contributed by atoms with Gasteiger partial charge < -0.3 is 4.90 Å². The fraction of sp³-hybridized carbons (Fsp3) is 0.192. The van der Waals surface area contributed by atoms with Gasteiger partial charge in [-0.25, -0.2) is 4.98 Å². The van der Waals surface area contributed by atoms with Crippen LogP contribution in [0.15, 0.2) is 82.7 Å². The highest BCUT2D eigenvalue weighted by Gasteiger charge is 2.21. The van der Waals surface area contributed by atoms with Crippen LogP contribution in [0.25, 0.3) is 10.9 Å². The van der Waals surface area contributed by atoms with E-state index >= 15 is 0 Å². The molecule has 0 unspecified atom stereocenters. The Bertz CT molecular complexity index is 1370. The maximum absolute atomic E-state index is 13.3. The highest BCUT2D eigenvalue weighted by atomic mass is 35.5. The van der Waals surface area contributed by atoms with Crippen molar-refractivity contribution < 1.29 is 4.79 Å². The van der Waals surface area contributed by atoms with Crippen molar-refractivity contribution in [1.82, 2.24) is 9.55 Å². The van der Waals surface area contributed by atoms with E-state index in [9.17, 15) is 9.59 Å². The third-order valence-electron chi connectivity index (χ3n) is 5.77. The third kappa shape index (κ3) is 4.68. The molecule has 166 valence electrons. The molecule has 2 heterocycles. The van der Waals surface area contributed by atoms with Crippen LogP contribution in [0.1, 0.15) is 24.0 Å². The molecule has 1 fully saturated rings. The SMILES string of the molecule is O=C1CCCN1c1ccc(CSc2nc3ccccc3c(=O)n2Cc2ccc(Cl)cc2)cc1. The van der Waals surface area contributed by atoms with Gasteiger partial charge in [-0.1, -0.05) is 59.8 Å². The van der Waals surface area contributed by atoms with Gasteiger partial charge in [-0.15, -0.1) is 0 Å². The number of benzene rings is 3. The van der Waals surface area contributed by atoms with Crippen molar-refractivity contribution in [1.29, 1.82) is 0 Å². The molecule has 4 aromatic rings. The second kappa shape index (κ2) is 9.41. The normalized spacial score (nSPS) is 13.7. The van der Waals surface area contributed by atoms with Gasteiger partial charge in [0, 0.05) is 29.4 Å². The number of hydrogen-bond donors (Lipinski definition) is 0. The molecule has 0 bridgehead atoms. The van der Waals surface area contributed by atoms with Crippen molar-refractivity contribution in [3.8, 4) is 0 Å². The van der Waals surface area contributed by atoms with E-state index in [0.717, 1.165) is 29.8 Å². The van der Waals surface area contributed by atoms with E-state index in [0.29, 0.717) is 39.8 Å². The number of nitrogens with zero attached hydrogens (tertiary/aromatic N) is 3. The van der Waals surface area contributed by atoms with Gasteiger partial charge >= 0.3 is 0 Å². The largest absolute Gasteiger partial charge is 0.312 e. The molecule has 0 N–H and O–H groups in total. The Morgan fingerprint density at radius 2 is 1.64 bits per heavy atom. The van der Waals surface area contributed by atoms with Gasteiger partial charge in [-0.05, 0) is 53.9 Å². The maximum atomic E-state index is 13.3. The van der Waals surface area contributed by atoms with Crippen LogP contribution in [-0.2, 0) is 17.1 Å². The predicted octanol–water partition coefficient (Wildman–Crippen LogP) is 5.52. The summed E-state index contributed by atoms with van der Waals surface area (Å²) in [5, 5.41) is 1.94. The molecule has 1 aromatic heterocycles. The Labute approximate surface area is 201 Å². The van der Waals surface area contributed by atoms with Crippen LogP contribution >= 0.6 is 23.4 Å². The summed E-state index contributed by atoms with van der Waals surface area (Å²) in [4.78, 5) is 31.9. The van der Waals surface area contributed by atoms with Gasteiger partial charge in [-0.3, -0.25) is 14.2 Å². The fourth-order valence-electron chi connectivity index (χ4n) is 4.01. The van der Waals surface area contributed by atoms with E-state index in [4.69, 9.17) is 16.6 Å². The van der Waals surface area contributed by atoms with Crippen molar-refractivity contribution in [2.24, 2.45) is 0 Å². The zero-order valence-electron chi connectivity index (χ0n) is 17.9. The molecule has 1 amide bonds. The number of halogens is 1. The summed E-state index contributed by atoms with van der Waals surface area (Å²) in [6.07, 6.45) is 1.53. The smallest absolute Gasteiger partial charge is 0.262 e. The van der Waals surface area contributed by atoms with Crippen molar-refractivity contribution in [2.45, 2.75) is 30.3 Å². The zero-order chi connectivity index (χ0) is 22.8. The molecule has 0 spiro atoms. The van der Waals surface area contributed by atoms with Gasteiger partial charge in [0.05, 0.1) is 17.4 Å². The first kappa shape index (κ1) is 21.7. The summed E-state index contributed by atoms with van der Waals surface area (Å²) in [6, 6.07) is 23.0. The Morgan fingerprint density at radius 3 is 2.36 bits per heavy atom. The maximum Gasteiger partial charge on any atom is 0.262 e. The van der Waals surface area contributed by atoms with E-state index in [1.165, 1.54) is 11.8 Å². The van der Waals surface area contributed by atoms with Crippen molar-refractivity contribution in [2.75, 3.05) is 11.4 Å². The Morgan fingerprint density at radius 1 is 0.909 bits per heavy atom. The minimum atomic E-state index is -0.0547. The van der Waals surface area contributed by atoms with Gasteiger partial charge in [0.25, 0.3) is 5.56 Å². The lowest BCUT2D eigenvalue weighted by atomic mass is 10.2. The van der Waals surface area contributed by atoms with Crippen LogP contribution in [0, 0.1) is 0 Å². The monoisotopic (exact) mass is 475 g/mol. The topological polar surface area (TPSA) is 55.2 Å². The lowest BCUT2D eigenvalue weighted by molar-refractivity contribution is -0.117. The summed E-state index contributed by atoms with van der Waals surface area (Å²) < 4.78 is 1.73. The van der Waals surface area contributed by atoms with E-state index in [-0.39, 0.29) is 11.5 Å². The number of aromatic nitrogens is 2. The number of thioether (sulfide) groups is 1. The molecule has 1 aliphatic heterocycles. The van der Waals surface area contributed by atoms with E-state index in [2.05, 4.69) is 0 Å². The van der Waals surface area contributed by atoms with Gasteiger partial charge in [0.2, 0.25) is 5.91 Å². The number of carbonyl (C=O) groups is 1. The first-order chi connectivity index (χ1) is 16.1. The fourth-order valence-corrected chi connectivity index (χ4v) is 5.09. The lowest BCUT2D eigenvalue weighted by Crippen LogP contribution is -2.24. The number of hydrogen-bond acceptors (Lipinski definition) is 4. The molecule has 1 aliphatic rings. The van der Waals surface area contributed by atoms with Crippen LogP contribution in [0.5, 0.6) is 0 Å². The summed E-state index contributed by atoms with van der Waals surface area (Å²) in [6.45, 7) is 1.21. The molecule has 0 aliphatic carbocycles. The van der Waals surface area contributed by atoms with Gasteiger partial charge in [-0.2, -0.15) is 0 Å². The average molecular weight is 476 g/mol. The molecular weight excluding hydrogens is 454 g/mol. The summed E-state index contributed by atoms with van der Waals surface area (Å²) in [5.74, 6) is 0.850. The van der Waals surface area contributed by atoms with Crippen LogP contribution in [0.2, 0.25) is 5.02 Å². The average Bonchev–Trinajstić information content (AvgIpc) is 3.27. The number of carbonyl (C=O) groups excluding carboxylic acids is 1. The first-order valence-electron chi connectivity index (χ1n) is 10.8. The molecule has 0 atom stereocenters. The van der Waals surface area contributed by atoms with E-state index in [1.54, 1.807) is 4.57 Å². The van der Waals surface area contributed by atoms with Crippen molar-refractivity contribution >= 4 is 45.9 Å². The molecule has 33 heavy (non-hydrogen) atoms. The second-order valence-electron chi connectivity index (χ2n) is 8.03.